The molecule has 2 aromatic rings. The summed E-state index contributed by atoms with van der Waals surface area (Å²) in [5, 5.41) is 9.41. The average molecular weight is 274 g/mol. The summed E-state index contributed by atoms with van der Waals surface area (Å²) in [4.78, 5) is 2.23. The van der Waals surface area contributed by atoms with Crippen molar-refractivity contribution in [1.29, 1.82) is 0 Å². The fourth-order valence-corrected chi connectivity index (χ4v) is 2.85. The molecular weight excluding hydrogens is 248 g/mol. The molecule has 0 fully saturated rings. The fraction of sp³-hybridized carbons (Fsp3) is 0.562. The zero-order valence-electron chi connectivity index (χ0n) is 13.3. The second kappa shape index (κ2) is 5.94. The van der Waals surface area contributed by atoms with Crippen LogP contribution in [-0.2, 0) is 13.6 Å². The van der Waals surface area contributed by atoms with Crippen LogP contribution < -0.4 is 5.32 Å². The lowest BCUT2D eigenvalue weighted by Crippen LogP contribution is -2.37. The van der Waals surface area contributed by atoms with E-state index in [9.17, 15) is 0 Å². The molecule has 4 nitrogen and oxygen atoms in total. The molecule has 0 aliphatic carbocycles. The summed E-state index contributed by atoms with van der Waals surface area (Å²) < 4.78 is 1.96. The Bertz CT molecular complexity index is 569. The second-order valence-corrected chi connectivity index (χ2v) is 6.59. The minimum absolute atomic E-state index is 0.258. The van der Waals surface area contributed by atoms with Crippen molar-refractivity contribution >= 4 is 10.9 Å². The quantitative estimate of drug-likeness (QED) is 0.877. The van der Waals surface area contributed by atoms with E-state index >= 15 is 0 Å². The van der Waals surface area contributed by atoms with Crippen molar-refractivity contribution in [2.24, 2.45) is 12.5 Å². The fourth-order valence-electron chi connectivity index (χ4n) is 2.85. The Morgan fingerprint density at radius 2 is 1.95 bits per heavy atom. The van der Waals surface area contributed by atoms with Gasteiger partial charge in [0.2, 0.25) is 0 Å². The molecule has 4 heteroatoms. The molecule has 0 atom stereocenters. The Hall–Kier alpha value is -1.39. The summed E-state index contributed by atoms with van der Waals surface area (Å²) in [5.74, 6) is 0. The van der Waals surface area contributed by atoms with Crippen molar-refractivity contribution in [3.63, 3.8) is 0 Å². The van der Waals surface area contributed by atoms with Gasteiger partial charge in [0.1, 0.15) is 0 Å². The van der Waals surface area contributed by atoms with Crippen LogP contribution in [-0.4, -0.2) is 41.9 Å². The lowest BCUT2D eigenvalue weighted by molar-refractivity contribution is 0.232. The van der Waals surface area contributed by atoms with Crippen LogP contribution in [0.25, 0.3) is 10.9 Å². The van der Waals surface area contributed by atoms with E-state index in [4.69, 9.17) is 0 Å². The number of rotatable bonds is 6. The summed E-state index contributed by atoms with van der Waals surface area (Å²) in [5.41, 5.74) is 2.58. The zero-order chi connectivity index (χ0) is 14.8. The van der Waals surface area contributed by atoms with E-state index in [1.165, 1.54) is 10.9 Å². The van der Waals surface area contributed by atoms with Gasteiger partial charge in [0.05, 0.1) is 11.2 Å². The van der Waals surface area contributed by atoms with Gasteiger partial charge in [-0.2, -0.15) is 5.10 Å². The maximum absolute atomic E-state index is 4.61. The van der Waals surface area contributed by atoms with Crippen LogP contribution in [0.15, 0.2) is 24.3 Å². The second-order valence-electron chi connectivity index (χ2n) is 6.59. The number of hydrogen-bond acceptors (Lipinski definition) is 3. The number of aryl methyl sites for hydroxylation is 1. The summed E-state index contributed by atoms with van der Waals surface area (Å²) in [6, 6.07) is 8.39. The monoisotopic (exact) mass is 274 g/mol. The predicted molar refractivity (Wildman–Crippen MR) is 84.8 cm³/mol. The van der Waals surface area contributed by atoms with Gasteiger partial charge < -0.3 is 10.2 Å². The van der Waals surface area contributed by atoms with Crippen LogP contribution in [0.3, 0.4) is 0 Å². The van der Waals surface area contributed by atoms with Gasteiger partial charge in [0.25, 0.3) is 0 Å². The van der Waals surface area contributed by atoms with Crippen molar-refractivity contribution in [1.82, 2.24) is 20.0 Å². The van der Waals surface area contributed by atoms with Crippen LogP contribution in [0.5, 0.6) is 0 Å². The Balaban J connectivity index is 2.00. The molecule has 0 bridgehead atoms. The van der Waals surface area contributed by atoms with Crippen LogP contribution in [0.4, 0.5) is 0 Å². The SMILES string of the molecule is CN(C)CC(C)(C)CNCc1nn(C)c2ccccc12. The normalized spacial score (nSPS) is 12.5. The Labute approximate surface area is 121 Å². The topological polar surface area (TPSA) is 33.1 Å². The lowest BCUT2D eigenvalue weighted by Gasteiger charge is -2.28. The summed E-state index contributed by atoms with van der Waals surface area (Å²) >= 11 is 0. The highest BCUT2D eigenvalue weighted by Crippen LogP contribution is 2.18. The van der Waals surface area contributed by atoms with Gasteiger partial charge in [-0.3, -0.25) is 4.68 Å². The number of para-hydroxylation sites is 1. The van der Waals surface area contributed by atoms with Gasteiger partial charge in [-0.25, -0.2) is 0 Å². The Morgan fingerprint density at radius 3 is 2.65 bits per heavy atom. The Morgan fingerprint density at radius 1 is 1.25 bits per heavy atom. The van der Waals surface area contributed by atoms with E-state index < -0.39 is 0 Å². The molecule has 0 unspecified atom stereocenters. The molecule has 20 heavy (non-hydrogen) atoms. The predicted octanol–water partition coefficient (Wildman–Crippen LogP) is 2.25. The van der Waals surface area contributed by atoms with E-state index in [0.29, 0.717) is 0 Å². The summed E-state index contributed by atoms with van der Waals surface area (Å²) in [6.45, 7) is 7.45. The van der Waals surface area contributed by atoms with Crippen LogP contribution in [0.2, 0.25) is 0 Å². The molecule has 0 aliphatic rings. The van der Waals surface area contributed by atoms with Crippen molar-refractivity contribution in [2.45, 2.75) is 20.4 Å². The summed E-state index contributed by atoms with van der Waals surface area (Å²) in [7, 11) is 6.24. The van der Waals surface area contributed by atoms with Gasteiger partial charge in [0, 0.05) is 32.1 Å². The number of fused-ring (bicyclic) bond motifs is 1. The van der Waals surface area contributed by atoms with Gasteiger partial charge >= 0.3 is 0 Å². The summed E-state index contributed by atoms with van der Waals surface area (Å²) in [6.07, 6.45) is 0. The molecule has 1 aromatic heterocycles. The first-order chi connectivity index (χ1) is 9.39. The van der Waals surface area contributed by atoms with E-state index in [2.05, 4.69) is 67.5 Å². The maximum Gasteiger partial charge on any atom is 0.0841 e. The first-order valence-corrected chi connectivity index (χ1v) is 7.15. The highest BCUT2D eigenvalue weighted by Gasteiger charge is 2.18. The highest BCUT2D eigenvalue weighted by molar-refractivity contribution is 5.81. The minimum atomic E-state index is 0.258. The van der Waals surface area contributed by atoms with E-state index in [1.54, 1.807) is 0 Å². The number of nitrogens with zero attached hydrogens (tertiary/aromatic N) is 3. The van der Waals surface area contributed by atoms with Gasteiger partial charge in [-0.15, -0.1) is 0 Å². The molecule has 0 saturated heterocycles. The molecule has 1 aromatic carbocycles. The molecule has 110 valence electrons. The molecule has 1 N–H and O–H groups in total. The molecule has 0 aliphatic heterocycles. The standard InChI is InChI=1S/C16H26N4/c1-16(2,12-19(3)4)11-17-10-14-13-8-6-7-9-15(13)20(5)18-14/h6-9,17H,10-12H2,1-5H3. The molecule has 1 heterocycles. The Kier molecular flexibility index (Phi) is 4.45. The van der Waals surface area contributed by atoms with Gasteiger partial charge in [-0.1, -0.05) is 32.0 Å². The first kappa shape index (κ1) is 15.0. The third-order valence-corrected chi connectivity index (χ3v) is 3.47. The van der Waals surface area contributed by atoms with Crippen LogP contribution in [0.1, 0.15) is 19.5 Å². The average Bonchev–Trinajstić information content (AvgIpc) is 2.65. The number of benzene rings is 1. The molecule has 0 amide bonds. The largest absolute Gasteiger partial charge is 0.311 e. The van der Waals surface area contributed by atoms with Crippen molar-refractivity contribution < 1.29 is 0 Å². The number of nitrogens with one attached hydrogen (secondary N) is 1. The maximum atomic E-state index is 4.61. The van der Waals surface area contributed by atoms with Crippen molar-refractivity contribution in [3.8, 4) is 0 Å². The molecule has 0 spiro atoms. The third kappa shape index (κ3) is 3.58. The van der Waals surface area contributed by atoms with Gasteiger partial charge in [-0.05, 0) is 25.6 Å². The van der Waals surface area contributed by atoms with E-state index in [0.717, 1.165) is 25.3 Å². The minimum Gasteiger partial charge on any atom is -0.311 e. The lowest BCUT2D eigenvalue weighted by atomic mass is 9.93. The molecular formula is C16H26N4. The van der Waals surface area contributed by atoms with E-state index in [1.807, 2.05) is 11.7 Å². The van der Waals surface area contributed by atoms with Crippen LogP contribution >= 0.6 is 0 Å². The highest BCUT2D eigenvalue weighted by atomic mass is 15.3. The number of aromatic nitrogens is 2. The molecule has 0 saturated carbocycles. The van der Waals surface area contributed by atoms with E-state index in [-0.39, 0.29) is 5.41 Å². The smallest absolute Gasteiger partial charge is 0.0841 e. The third-order valence-electron chi connectivity index (χ3n) is 3.47. The zero-order valence-corrected chi connectivity index (χ0v) is 13.3. The van der Waals surface area contributed by atoms with Crippen LogP contribution in [0, 0.1) is 5.41 Å². The van der Waals surface area contributed by atoms with Crippen molar-refractivity contribution in [2.75, 3.05) is 27.2 Å². The molecule has 0 radical (unpaired) electrons. The van der Waals surface area contributed by atoms with Gasteiger partial charge in [0.15, 0.2) is 0 Å². The van der Waals surface area contributed by atoms with Crippen molar-refractivity contribution in [3.05, 3.63) is 30.0 Å². The number of hydrogen-bond donors (Lipinski definition) is 1. The first-order valence-electron chi connectivity index (χ1n) is 7.15. The molecule has 2 rings (SSSR count).